The summed E-state index contributed by atoms with van der Waals surface area (Å²) in [7, 11) is 0. The second-order valence-corrected chi connectivity index (χ2v) is 12.9. The summed E-state index contributed by atoms with van der Waals surface area (Å²) in [6.07, 6.45) is 0.136. The van der Waals surface area contributed by atoms with E-state index < -0.39 is 0 Å². The number of hydrogen-bond donors (Lipinski definition) is 1. The largest absolute Gasteiger partial charge is 0.309 e. The van der Waals surface area contributed by atoms with Crippen molar-refractivity contribution < 1.29 is 0 Å². The fraction of sp³-hybridized carbons (Fsp3) is 0.119. The molecule has 1 fully saturated rings. The minimum Gasteiger partial charge on any atom is -0.309 e. The molecule has 2 aliphatic rings. The van der Waals surface area contributed by atoms with E-state index >= 15 is 0 Å². The molecule has 1 atom stereocenters. The zero-order valence-corrected chi connectivity index (χ0v) is 26.0. The molecule has 0 spiro atoms. The van der Waals surface area contributed by atoms with Crippen molar-refractivity contribution in [2.45, 2.75) is 32.0 Å². The monoisotopic (exact) mass is 594 g/mol. The summed E-state index contributed by atoms with van der Waals surface area (Å²) in [5.41, 5.74) is 16.1. The Hall–Kier alpha value is -5.45. The number of hydrogen-bond acceptors (Lipinski definition) is 2. The molecular formula is C42H34N4. The quantitative estimate of drug-likeness (QED) is 0.123. The smallest absolute Gasteiger partial charge is 0.147 e. The maximum Gasteiger partial charge on any atom is 0.147 e. The van der Waals surface area contributed by atoms with Crippen LogP contribution in [0.1, 0.15) is 47.8 Å². The number of para-hydroxylation sites is 1. The van der Waals surface area contributed by atoms with Crippen molar-refractivity contribution in [3.63, 3.8) is 0 Å². The Labute approximate surface area is 269 Å². The Balaban J connectivity index is 1.09. The van der Waals surface area contributed by atoms with Gasteiger partial charge in [0.25, 0.3) is 0 Å². The van der Waals surface area contributed by atoms with Crippen LogP contribution < -0.4 is 5.43 Å². The molecule has 1 aliphatic heterocycles. The number of nitrogens with one attached hydrogen (secondary N) is 1. The van der Waals surface area contributed by atoms with Gasteiger partial charge in [0.2, 0.25) is 0 Å². The van der Waals surface area contributed by atoms with Gasteiger partial charge in [-0.3, -0.25) is 10.0 Å². The average Bonchev–Trinajstić information content (AvgIpc) is 3.78. The Morgan fingerprint density at radius 3 is 2.15 bits per heavy atom. The number of rotatable bonds is 5. The molecule has 46 heavy (non-hydrogen) atoms. The molecule has 0 saturated carbocycles. The first-order chi connectivity index (χ1) is 22.6. The van der Waals surface area contributed by atoms with Crippen LogP contribution in [0.3, 0.4) is 0 Å². The lowest BCUT2D eigenvalue weighted by Gasteiger charge is -2.21. The topological polar surface area (TPSA) is 42.2 Å². The third-order valence-corrected chi connectivity index (χ3v) is 9.81. The second kappa shape index (κ2) is 10.3. The highest BCUT2D eigenvalue weighted by molar-refractivity contribution is 6.11. The number of hydrazine groups is 1. The number of aliphatic imine (C=N–C) groups is 1. The average molecular weight is 595 g/mol. The Kier molecular flexibility index (Phi) is 6.02. The van der Waals surface area contributed by atoms with Crippen LogP contribution in [0.15, 0.2) is 151 Å². The molecule has 0 amide bonds. The Bertz CT molecular complexity index is 2280. The molecule has 2 heterocycles. The van der Waals surface area contributed by atoms with Crippen molar-refractivity contribution in [3.8, 4) is 16.8 Å². The van der Waals surface area contributed by atoms with Gasteiger partial charge >= 0.3 is 0 Å². The lowest BCUT2D eigenvalue weighted by molar-refractivity contribution is 0.661. The molecule has 1 aromatic heterocycles. The molecule has 1 saturated heterocycles. The van der Waals surface area contributed by atoms with Gasteiger partial charge in [0.05, 0.1) is 17.6 Å². The van der Waals surface area contributed by atoms with Crippen LogP contribution in [0.25, 0.3) is 38.6 Å². The van der Waals surface area contributed by atoms with Gasteiger partial charge in [-0.15, -0.1) is 0 Å². The summed E-state index contributed by atoms with van der Waals surface area (Å²) in [6, 6.07) is 52.4. The molecule has 9 rings (SSSR count). The summed E-state index contributed by atoms with van der Waals surface area (Å²) in [6.45, 7) is 5.30. The number of benzene rings is 6. The number of amidine groups is 1. The highest BCUT2D eigenvalue weighted by atomic mass is 15.8. The Morgan fingerprint density at radius 2 is 1.35 bits per heavy atom. The summed E-state index contributed by atoms with van der Waals surface area (Å²) >= 11 is 0. The molecule has 1 unspecified atom stereocenters. The van der Waals surface area contributed by atoms with Gasteiger partial charge in [0.15, 0.2) is 0 Å². The summed E-state index contributed by atoms with van der Waals surface area (Å²) in [5.74, 6) is 0.957. The molecule has 6 aromatic carbocycles. The normalized spacial score (nSPS) is 16.5. The van der Waals surface area contributed by atoms with Gasteiger partial charge in [-0.25, -0.2) is 5.43 Å². The van der Waals surface area contributed by atoms with Crippen LogP contribution in [-0.2, 0) is 12.0 Å². The predicted octanol–water partition coefficient (Wildman–Crippen LogP) is 9.56. The van der Waals surface area contributed by atoms with Crippen LogP contribution in [-0.4, -0.2) is 15.4 Å². The summed E-state index contributed by atoms with van der Waals surface area (Å²) in [5, 5.41) is 4.74. The van der Waals surface area contributed by atoms with Crippen molar-refractivity contribution in [1.82, 2.24) is 15.0 Å². The second-order valence-electron chi connectivity index (χ2n) is 12.9. The molecule has 1 N–H and O–H groups in total. The standard InChI is InChI=1S/C42H34N4/c1-42(2)36-19-11-9-17-32(36)34-25-35-33-18-10-12-20-38(33)45(39(35)26-37(34)42)31-23-21-28(22-24-31)27-43-40(29-13-5-3-6-14-29)46-41(44-46)30-15-7-4-8-16-30/h3-26,41,44H,27H2,1-2H3. The molecule has 222 valence electrons. The van der Waals surface area contributed by atoms with Gasteiger partial charge in [-0.1, -0.05) is 129 Å². The molecule has 1 aliphatic carbocycles. The molecular weight excluding hydrogens is 560 g/mol. The van der Waals surface area contributed by atoms with Crippen LogP contribution in [0.2, 0.25) is 0 Å². The minimum atomic E-state index is -0.0499. The van der Waals surface area contributed by atoms with E-state index in [2.05, 4.69) is 168 Å². The first kappa shape index (κ1) is 26.9. The first-order valence-electron chi connectivity index (χ1n) is 16.0. The number of aromatic nitrogens is 1. The van der Waals surface area contributed by atoms with E-state index in [0.717, 1.165) is 17.1 Å². The van der Waals surface area contributed by atoms with Crippen LogP contribution in [0.4, 0.5) is 0 Å². The molecule has 7 aromatic rings. The van der Waals surface area contributed by atoms with Crippen molar-refractivity contribution in [2.24, 2.45) is 4.99 Å². The van der Waals surface area contributed by atoms with Gasteiger partial charge in [0.1, 0.15) is 12.0 Å². The van der Waals surface area contributed by atoms with Gasteiger partial charge in [-0.05, 0) is 63.7 Å². The molecule has 4 nitrogen and oxygen atoms in total. The van der Waals surface area contributed by atoms with Crippen LogP contribution in [0.5, 0.6) is 0 Å². The van der Waals surface area contributed by atoms with E-state index in [1.165, 1.54) is 55.2 Å². The number of fused-ring (bicyclic) bond motifs is 6. The van der Waals surface area contributed by atoms with Crippen molar-refractivity contribution in [3.05, 3.63) is 173 Å². The fourth-order valence-corrected chi connectivity index (χ4v) is 7.39. The molecule has 0 radical (unpaired) electrons. The Morgan fingerprint density at radius 1 is 0.652 bits per heavy atom. The number of nitrogens with zero attached hydrogens (tertiary/aromatic N) is 3. The van der Waals surface area contributed by atoms with E-state index in [9.17, 15) is 0 Å². The van der Waals surface area contributed by atoms with E-state index in [1.807, 2.05) is 6.07 Å². The van der Waals surface area contributed by atoms with Crippen molar-refractivity contribution in [2.75, 3.05) is 0 Å². The van der Waals surface area contributed by atoms with E-state index in [4.69, 9.17) is 4.99 Å². The maximum absolute atomic E-state index is 5.14. The van der Waals surface area contributed by atoms with Crippen LogP contribution in [0, 0.1) is 0 Å². The van der Waals surface area contributed by atoms with Gasteiger partial charge < -0.3 is 4.57 Å². The van der Waals surface area contributed by atoms with E-state index in [-0.39, 0.29) is 11.6 Å². The first-order valence-corrected chi connectivity index (χ1v) is 16.0. The van der Waals surface area contributed by atoms with Crippen LogP contribution >= 0.6 is 0 Å². The van der Waals surface area contributed by atoms with Crippen molar-refractivity contribution >= 4 is 27.6 Å². The fourth-order valence-electron chi connectivity index (χ4n) is 7.39. The lowest BCUT2D eigenvalue weighted by atomic mass is 9.82. The summed E-state index contributed by atoms with van der Waals surface area (Å²) < 4.78 is 2.43. The molecule has 0 bridgehead atoms. The zero-order chi connectivity index (χ0) is 30.8. The van der Waals surface area contributed by atoms with Gasteiger partial charge in [-0.2, -0.15) is 0 Å². The SMILES string of the molecule is CC1(C)c2ccccc2-c2cc3c4ccccc4n(-c4ccc(CN=C(c5ccccc5)N5NC5c5ccccc5)cc4)c3cc21. The highest BCUT2D eigenvalue weighted by Gasteiger charge is 2.38. The predicted molar refractivity (Wildman–Crippen MR) is 189 cm³/mol. The van der Waals surface area contributed by atoms with Gasteiger partial charge in [0, 0.05) is 27.4 Å². The zero-order valence-electron chi connectivity index (χ0n) is 26.0. The third kappa shape index (κ3) is 4.22. The third-order valence-electron chi connectivity index (χ3n) is 9.81. The van der Waals surface area contributed by atoms with E-state index in [0.29, 0.717) is 6.54 Å². The van der Waals surface area contributed by atoms with E-state index in [1.54, 1.807) is 0 Å². The molecule has 4 heteroatoms. The minimum absolute atomic E-state index is 0.0499. The lowest BCUT2D eigenvalue weighted by Crippen LogP contribution is -2.16. The van der Waals surface area contributed by atoms with Crippen molar-refractivity contribution in [1.29, 1.82) is 0 Å². The summed E-state index contributed by atoms with van der Waals surface area (Å²) in [4.78, 5) is 5.14. The maximum atomic E-state index is 5.14. The highest BCUT2D eigenvalue weighted by Crippen LogP contribution is 2.50.